The molecule has 0 saturated carbocycles. The van der Waals surface area contributed by atoms with Crippen LogP contribution >= 0.6 is 15.9 Å². The van der Waals surface area contributed by atoms with Crippen LogP contribution < -0.4 is 5.32 Å². The van der Waals surface area contributed by atoms with Gasteiger partial charge in [-0.05, 0) is 78.4 Å². The lowest BCUT2D eigenvalue weighted by atomic mass is 10.0. The Labute approximate surface area is 132 Å². The van der Waals surface area contributed by atoms with E-state index in [2.05, 4.69) is 76.5 Å². The van der Waals surface area contributed by atoms with Gasteiger partial charge in [-0.2, -0.15) is 0 Å². The smallest absolute Gasteiger partial charge is 0.0329 e. The average molecular weight is 342 g/mol. The van der Waals surface area contributed by atoms with Gasteiger partial charge in [-0.1, -0.05) is 28.1 Å². The Balaban J connectivity index is 2.35. The van der Waals surface area contributed by atoms with Crippen LogP contribution in [-0.2, 0) is 0 Å². The Morgan fingerprint density at radius 2 is 1.70 bits per heavy atom. The van der Waals surface area contributed by atoms with Crippen molar-refractivity contribution in [3.8, 4) is 0 Å². The molecule has 1 unspecified atom stereocenters. The molecule has 0 bridgehead atoms. The number of benzene rings is 1. The van der Waals surface area contributed by atoms with Gasteiger partial charge in [-0.25, -0.2) is 0 Å². The molecule has 0 amide bonds. The summed E-state index contributed by atoms with van der Waals surface area (Å²) in [6.07, 6.45) is 2.36. The Morgan fingerprint density at radius 3 is 2.25 bits per heavy atom. The van der Waals surface area contributed by atoms with E-state index in [4.69, 9.17) is 0 Å². The predicted octanol–water partition coefficient (Wildman–Crippen LogP) is 2.98. The Bertz CT molecular complexity index is 364. The summed E-state index contributed by atoms with van der Waals surface area (Å²) in [7, 11) is 8.51. The lowest BCUT2D eigenvalue weighted by Crippen LogP contribution is -2.28. The van der Waals surface area contributed by atoms with Crippen molar-refractivity contribution in [2.75, 3.05) is 47.8 Å². The maximum absolute atomic E-state index is 3.49. The number of hydrogen-bond acceptors (Lipinski definition) is 3. The maximum atomic E-state index is 3.49. The highest BCUT2D eigenvalue weighted by molar-refractivity contribution is 9.10. The van der Waals surface area contributed by atoms with Gasteiger partial charge < -0.3 is 15.1 Å². The van der Waals surface area contributed by atoms with Crippen molar-refractivity contribution in [2.24, 2.45) is 0 Å². The molecular formula is C16H28BrN3. The van der Waals surface area contributed by atoms with Gasteiger partial charge in [0.05, 0.1) is 0 Å². The fourth-order valence-corrected chi connectivity index (χ4v) is 2.56. The van der Waals surface area contributed by atoms with E-state index in [0.717, 1.165) is 30.5 Å². The SMILES string of the molecule is CNC(CCN(C)CCCN(C)C)c1ccc(Br)cc1. The molecular weight excluding hydrogens is 314 g/mol. The summed E-state index contributed by atoms with van der Waals surface area (Å²) in [6, 6.07) is 9.04. The minimum Gasteiger partial charge on any atom is -0.313 e. The highest BCUT2D eigenvalue weighted by Crippen LogP contribution is 2.19. The van der Waals surface area contributed by atoms with Crippen LogP contribution in [0.25, 0.3) is 0 Å². The predicted molar refractivity (Wildman–Crippen MR) is 91.2 cm³/mol. The number of nitrogens with zero attached hydrogens (tertiary/aromatic N) is 2. The van der Waals surface area contributed by atoms with E-state index in [1.54, 1.807) is 0 Å². The molecule has 0 spiro atoms. The molecule has 1 rings (SSSR count). The van der Waals surface area contributed by atoms with Gasteiger partial charge in [-0.15, -0.1) is 0 Å². The minimum absolute atomic E-state index is 0.430. The summed E-state index contributed by atoms with van der Waals surface area (Å²) < 4.78 is 1.14. The molecule has 1 aromatic rings. The molecule has 1 aromatic carbocycles. The highest BCUT2D eigenvalue weighted by Gasteiger charge is 2.10. The van der Waals surface area contributed by atoms with Gasteiger partial charge in [0.2, 0.25) is 0 Å². The van der Waals surface area contributed by atoms with Gasteiger partial charge >= 0.3 is 0 Å². The second-order valence-corrected chi connectivity index (χ2v) is 6.56. The third-order valence-electron chi connectivity index (χ3n) is 3.57. The fraction of sp³-hybridized carbons (Fsp3) is 0.625. The standard InChI is InChI=1S/C16H28BrN3/c1-18-16(14-6-8-15(17)9-7-14)10-13-20(4)12-5-11-19(2)3/h6-9,16,18H,5,10-13H2,1-4H3. The van der Waals surface area contributed by atoms with Gasteiger partial charge in [0.25, 0.3) is 0 Å². The topological polar surface area (TPSA) is 18.5 Å². The molecule has 0 saturated heterocycles. The second-order valence-electron chi connectivity index (χ2n) is 5.64. The van der Waals surface area contributed by atoms with Crippen molar-refractivity contribution in [1.29, 1.82) is 0 Å². The summed E-state index contributed by atoms with van der Waals surface area (Å²) >= 11 is 3.49. The van der Waals surface area contributed by atoms with E-state index in [0.29, 0.717) is 6.04 Å². The van der Waals surface area contributed by atoms with E-state index in [9.17, 15) is 0 Å². The molecule has 20 heavy (non-hydrogen) atoms. The zero-order chi connectivity index (χ0) is 15.0. The van der Waals surface area contributed by atoms with Gasteiger partial charge in [0, 0.05) is 10.5 Å². The molecule has 3 nitrogen and oxygen atoms in total. The molecule has 0 heterocycles. The van der Waals surface area contributed by atoms with Crippen molar-refractivity contribution < 1.29 is 0 Å². The third-order valence-corrected chi connectivity index (χ3v) is 4.09. The number of nitrogens with one attached hydrogen (secondary N) is 1. The second kappa shape index (κ2) is 9.50. The molecule has 1 atom stereocenters. The monoisotopic (exact) mass is 341 g/mol. The molecule has 0 aliphatic heterocycles. The van der Waals surface area contributed by atoms with Crippen molar-refractivity contribution in [3.05, 3.63) is 34.3 Å². The van der Waals surface area contributed by atoms with Crippen LogP contribution in [0.2, 0.25) is 0 Å². The first-order valence-electron chi connectivity index (χ1n) is 7.29. The zero-order valence-corrected chi connectivity index (χ0v) is 14.8. The summed E-state index contributed by atoms with van der Waals surface area (Å²) in [6.45, 7) is 3.44. The van der Waals surface area contributed by atoms with Crippen LogP contribution in [0.1, 0.15) is 24.4 Å². The van der Waals surface area contributed by atoms with Crippen LogP contribution in [0.15, 0.2) is 28.7 Å². The van der Waals surface area contributed by atoms with Gasteiger partial charge in [0.15, 0.2) is 0 Å². The normalized spacial score (nSPS) is 13.2. The van der Waals surface area contributed by atoms with Crippen LogP contribution in [0.5, 0.6) is 0 Å². The summed E-state index contributed by atoms with van der Waals surface area (Å²) in [4.78, 5) is 4.67. The molecule has 114 valence electrons. The summed E-state index contributed by atoms with van der Waals surface area (Å²) in [5, 5.41) is 3.42. The van der Waals surface area contributed by atoms with Gasteiger partial charge in [-0.3, -0.25) is 0 Å². The van der Waals surface area contributed by atoms with Crippen LogP contribution in [0, 0.1) is 0 Å². The molecule has 0 fully saturated rings. The quantitative estimate of drug-likeness (QED) is 0.744. The summed E-state index contributed by atoms with van der Waals surface area (Å²) in [5.41, 5.74) is 1.36. The van der Waals surface area contributed by atoms with E-state index in [1.165, 1.54) is 12.0 Å². The molecule has 0 aliphatic rings. The van der Waals surface area contributed by atoms with Crippen molar-refractivity contribution in [2.45, 2.75) is 18.9 Å². The van der Waals surface area contributed by atoms with Gasteiger partial charge in [0.1, 0.15) is 0 Å². The van der Waals surface area contributed by atoms with E-state index >= 15 is 0 Å². The van der Waals surface area contributed by atoms with E-state index < -0.39 is 0 Å². The number of halogens is 1. The largest absolute Gasteiger partial charge is 0.313 e. The molecule has 4 heteroatoms. The van der Waals surface area contributed by atoms with Crippen LogP contribution in [0.3, 0.4) is 0 Å². The average Bonchev–Trinajstić information content (AvgIpc) is 2.41. The van der Waals surface area contributed by atoms with E-state index in [-0.39, 0.29) is 0 Å². The van der Waals surface area contributed by atoms with Crippen molar-refractivity contribution >= 4 is 15.9 Å². The molecule has 1 N–H and O–H groups in total. The molecule has 0 radical (unpaired) electrons. The first kappa shape index (κ1) is 17.6. The number of hydrogen-bond donors (Lipinski definition) is 1. The molecule has 0 aliphatic carbocycles. The highest BCUT2D eigenvalue weighted by atomic mass is 79.9. The first-order valence-corrected chi connectivity index (χ1v) is 8.08. The Kier molecular flexibility index (Phi) is 8.38. The minimum atomic E-state index is 0.430. The number of rotatable bonds is 9. The van der Waals surface area contributed by atoms with E-state index in [1.807, 2.05) is 7.05 Å². The van der Waals surface area contributed by atoms with Crippen LogP contribution in [-0.4, -0.2) is 57.6 Å². The Hall–Kier alpha value is -0.420. The fourth-order valence-electron chi connectivity index (χ4n) is 2.29. The summed E-state index contributed by atoms with van der Waals surface area (Å²) in [5.74, 6) is 0. The maximum Gasteiger partial charge on any atom is 0.0329 e. The van der Waals surface area contributed by atoms with Crippen molar-refractivity contribution in [1.82, 2.24) is 15.1 Å². The van der Waals surface area contributed by atoms with Crippen molar-refractivity contribution in [3.63, 3.8) is 0 Å². The van der Waals surface area contributed by atoms with Crippen LogP contribution in [0.4, 0.5) is 0 Å². The molecule has 0 aromatic heterocycles. The zero-order valence-electron chi connectivity index (χ0n) is 13.2. The Morgan fingerprint density at radius 1 is 1.05 bits per heavy atom. The lowest BCUT2D eigenvalue weighted by Gasteiger charge is -2.22. The first-order chi connectivity index (χ1) is 9.52. The third kappa shape index (κ3) is 6.84. The lowest BCUT2D eigenvalue weighted by molar-refractivity contribution is 0.286.